The Bertz CT molecular complexity index is 622. The molecule has 0 heterocycles. The van der Waals surface area contributed by atoms with E-state index in [4.69, 9.17) is 0 Å². The third-order valence-electron chi connectivity index (χ3n) is 3.17. The molecule has 0 aliphatic carbocycles. The third kappa shape index (κ3) is 5.30. The minimum Gasteiger partial charge on any atom is -0.198 e. The van der Waals surface area contributed by atoms with E-state index in [1.165, 1.54) is 0 Å². The predicted octanol–water partition coefficient (Wildman–Crippen LogP) is 2.43. The molecule has 0 unspecified atom stereocenters. The summed E-state index contributed by atoms with van der Waals surface area (Å²) >= 11 is 0. The van der Waals surface area contributed by atoms with Crippen LogP contribution >= 0.6 is 0 Å². The first-order chi connectivity index (χ1) is 9.94. The van der Waals surface area contributed by atoms with Gasteiger partial charge in [-0.25, -0.2) is 0 Å². The highest BCUT2D eigenvalue weighted by molar-refractivity contribution is 7.87. The van der Waals surface area contributed by atoms with E-state index in [2.05, 4.69) is 9.44 Å². The molecule has 0 bridgehead atoms. The summed E-state index contributed by atoms with van der Waals surface area (Å²) in [7, 11) is -3.50. The summed E-state index contributed by atoms with van der Waals surface area (Å²) in [5.41, 5.74) is 4.17. The molecule has 0 fully saturated rings. The van der Waals surface area contributed by atoms with Gasteiger partial charge in [0, 0.05) is 13.1 Å². The number of hydrogen-bond acceptors (Lipinski definition) is 2. The van der Waals surface area contributed by atoms with Gasteiger partial charge in [-0.1, -0.05) is 59.7 Å². The molecule has 2 aromatic rings. The van der Waals surface area contributed by atoms with Crippen LogP contribution in [0.3, 0.4) is 0 Å². The summed E-state index contributed by atoms with van der Waals surface area (Å²) in [4.78, 5) is 0. The summed E-state index contributed by atoms with van der Waals surface area (Å²) in [6, 6.07) is 15.5. The minimum absolute atomic E-state index is 0.281. The Morgan fingerprint density at radius 2 is 1.05 bits per heavy atom. The van der Waals surface area contributed by atoms with Gasteiger partial charge in [-0.2, -0.15) is 17.9 Å². The maximum atomic E-state index is 11.9. The van der Waals surface area contributed by atoms with Crippen LogP contribution in [0.5, 0.6) is 0 Å². The summed E-state index contributed by atoms with van der Waals surface area (Å²) in [6.45, 7) is 4.56. The van der Waals surface area contributed by atoms with E-state index in [-0.39, 0.29) is 13.1 Å². The van der Waals surface area contributed by atoms with Gasteiger partial charge >= 0.3 is 0 Å². The number of aryl methyl sites for hydroxylation is 2. The van der Waals surface area contributed by atoms with Crippen LogP contribution in [0.2, 0.25) is 0 Å². The molecule has 0 saturated carbocycles. The van der Waals surface area contributed by atoms with Crippen molar-refractivity contribution in [2.75, 3.05) is 0 Å². The lowest BCUT2D eigenvalue weighted by atomic mass is 10.2. The molecule has 4 nitrogen and oxygen atoms in total. The lowest BCUT2D eigenvalue weighted by Gasteiger charge is -2.09. The Morgan fingerprint density at radius 3 is 1.38 bits per heavy atom. The zero-order chi connectivity index (χ0) is 15.3. The number of hydrogen-bond donors (Lipinski definition) is 2. The molecule has 0 aromatic heterocycles. The number of rotatable bonds is 6. The van der Waals surface area contributed by atoms with E-state index in [0.29, 0.717) is 0 Å². The highest BCUT2D eigenvalue weighted by Crippen LogP contribution is 2.04. The molecule has 0 amide bonds. The van der Waals surface area contributed by atoms with E-state index in [1.807, 2.05) is 62.4 Å². The van der Waals surface area contributed by atoms with Crippen LogP contribution in [0.4, 0.5) is 0 Å². The lowest BCUT2D eigenvalue weighted by molar-refractivity contribution is 0.566. The van der Waals surface area contributed by atoms with E-state index in [1.54, 1.807) is 0 Å². The van der Waals surface area contributed by atoms with Gasteiger partial charge in [0.25, 0.3) is 10.2 Å². The first-order valence-corrected chi connectivity index (χ1v) is 8.28. The van der Waals surface area contributed by atoms with Crippen LogP contribution < -0.4 is 9.44 Å². The standard InChI is InChI=1S/C16H20N2O2S/c1-13-3-7-15(8-4-13)11-17-21(19,20)18-12-16-9-5-14(2)6-10-16/h3-10,17-18H,11-12H2,1-2H3. The fourth-order valence-corrected chi connectivity index (χ4v) is 2.64. The monoisotopic (exact) mass is 304 g/mol. The molecule has 21 heavy (non-hydrogen) atoms. The van der Waals surface area contributed by atoms with Crippen LogP contribution in [-0.4, -0.2) is 8.42 Å². The highest BCUT2D eigenvalue weighted by atomic mass is 32.2. The van der Waals surface area contributed by atoms with Gasteiger partial charge in [-0.15, -0.1) is 0 Å². The molecule has 0 spiro atoms. The van der Waals surface area contributed by atoms with Gasteiger partial charge in [0.2, 0.25) is 0 Å². The SMILES string of the molecule is Cc1ccc(CNS(=O)(=O)NCc2ccc(C)cc2)cc1. The summed E-state index contributed by atoms with van der Waals surface area (Å²) < 4.78 is 28.9. The topological polar surface area (TPSA) is 58.2 Å². The molecular formula is C16H20N2O2S. The maximum absolute atomic E-state index is 11.9. The van der Waals surface area contributed by atoms with Crippen molar-refractivity contribution in [3.05, 3.63) is 70.8 Å². The molecule has 0 aliphatic rings. The van der Waals surface area contributed by atoms with Gasteiger partial charge in [-0.05, 0) is 25.0 Å². The average molecular weight is 304 g/mol. The van der Waals surface area contributed by atoms with Crippen molar-refractivity contribution in [1.82, 2.24) is 9.44 Å². The molecule has 0 atom stereocenters. The largest absolute Gasteiger partial charge is 0.277 e. The molecule has 0 radical (unpaired) electrons. The number of benzene rings is 2. The molecule has 0 saturated heterocycles. The second-order valence-corrected chi connectivity index (χ2v) is 6.70. The molecule has 0 aliphatic heterocycles. The summed E-state index contributed by atoms with van der Waals surface area (Å²) in [6.07, 6.45) is 0. The van der Waals surface area contributed by atoms with Crippen LogP contribution in [-0.2, 0) is 23.3 Å². The van der Waals surface area contributed by atoms with E-state index in [9.17, 15) is 8.42 Å². The molecule has 2 aromatic carbocycles. The Balaban J connectivity index is 1.87. The first-order valence-electron chi connectivity index (χ1n) is 6.80. The van der Waals surface area contributed by atoms with E-state index >= 15 is 0 Å². The van der Waals surface area contributed by atoms with Gasteiger partial charge in [0.15, 0.2) is 0 Å². The Kier molecular flexibility index (Phi) is 5.12. The summed E-state index contributed by atoms with van der Waals surface area (Å²) in [5.74, 6) is 0. The van der Waals surface area contributed by atoms with Crippen molar-refractivity contribution in [1.29, 1.82) is 0 Å². The fourth-order valence-electron chi connectivity index (χ4n) is 1.82. The molecule has 112 valence electrons. The minimum atomic E-state index is -3.50. The smallest absolute Gasteiger partial charge is 0.198 e. The number of nitrogens with one attached hydrogen (secondary N) is 2. The van der Waals surface area contributed by atoms with Crippen LogP contribution in [0, 0.1) is 13.8 Å². The average Bonchev–Trinajstić information content (AvgIpc) is 2.46. The van der Waals surface area contributed by atoms with Gasteiger partial charge < -0.3 is 0 Å². The second kappa shape index (κ2) is 6.85. The van der Waals surface area contributed by atoms with E-state index in [0.717, 1.165) is 22.3 Å². The van der Waals surface area contributed by atoms with Gasteiger partial charge in [0.1, 0.15) is 0 Å². The molecular weight excluding hydrogens is 284 g/mol. The molecule has 5 heteroatoms. The zero-order valence-electron chi connectivity index (χ0n) is 12.3. The van der Waals surface area contributed by atoms with Gasteiger partial charge in [0.05, 0.1) is 0 Å². The Labute approximate surface area is 126 Å². The van der Waals surface area contributed by atoms with Gasteiger partial charge in [-0.3, -0.25) is 0 Å². The van der Waals surface area contributed by atoms with Crippen molar-refractivity contribution in [3.63, 3.8) is 0 Å². The molecule has 2 rings (SSSR count). The normalized spacial score (nSPS) is 11.5. The van der Waals surface area contributed by atoms with E-state index < -0.39 is 10.2 Å². The van der Waals surface area contributed by atoms with Crippen LogP contribution in [0.15, 0.2) is 48.5 Å². The maximum Gasteiger partial charge on any atom is 0.277 e. The van der Waals surface area contributed by atoms with Crippen molar-refractivity contribution >= 4 is 10.2 Å². The third-order valence-corrected chi connectivity index (χ3v) is 4.22. The first kappa shape index (κ1) is 15.7. The summed E-state index contributed by atoms with van der Waals surface area (Å²) in [5, 5.41) is 0. The predicted molar refractivity (Wildman–Crippen MR) is 85.0 cm³/mol. The highest BCUT2D eigenvalue weighted by Gasteiger charge is 2.08. The van der Waals surface area contributed by atoms with Crippen molar-refractivity contribution in [2.45, 2.75) is 26.9 Å². The second-order valence-electron chi connectivity index (χ2n) is 5.12. The lowest BCUT2D eigenvalue weighted by Crippen LogP contribution is -2.35. The van der Waals surface area contributed by atoms with Crippen molar-refractivity contribution in [3.8, 4) is 0 Å². The van der Waals surface area contributed by atoms with Crippen LogP contribution in [0.25, 0.3) is 0 Å². The quantitative estimate of drug-likeness (QED) is 0.861. The molecule has 2 N–H and O–H groups in total. The Morgan fingerprint density at radius 1 is 0.714 bits per heavy atom. The van der Waals surface area contributed by atoms with Crippen molar-refractivity contribution in [2.24, 2.45) is 0 Å². The zero-order valence-corrected chi connectivity index (χ0v) is 13.1. The van der Waals surface area contributed by atoms with Crippen LogP contribution in [0.1, 0.15) is 22.3 Å². The fraction of sp³-hybridized carbons (Fsp3) is 0.250. The Hall–Kier alpha value is -1.69. The van der Waals surface area contributed by atoms with Crippen molar-refractivity contribution < 1.29 is 8.42 Å².